The number of para-hydroxylation sites is 1. The van der Waals surface area contributed by atoms with Crippen LogP contribution in [-0.2, 0) is 11.2 Å². The van der Waals surface area contributed by atoms with Gasteiger partial charge in [0.2, 0.25) is 0 Å². The van der Waals surface area contributed by atoms with E-state index in [0.717, 1.165) is 5.56 Å². The van der Waals surface area contributed by atoms with E-state index in [1.165, 1.54) is 6.07 Å². The number of nitrogens with one attached hydrogen (secondary N) is 1. The first-order chi connectivity index (χ1) is 19.8. The van der Waals surface area contributed by atoms with Crippen molar-refractivity contribution in [3.63, 3.8) is 0 Å². The van der Waals surface area contributed by atoms with Crippen molar-refractivity contribution in [1.82, 2.24) is 5.32 Å². The molecule has 0 fully saturated rings. The van der Waals surface area contributed by atoms with Gasteiger partial charge in [0.15, 0.2) is 11.9 Å². The molecule has 4 aromatic rings. The molecule has 10 heteroatoms. The number of carbonyl (C=O) groups excluding carboxylic acids is 2. The van der Waals surface area contributed by atoms with Crippen molar-refractivity contribution in [2.75, 3.05) is 13.2 Å². The van der Waals surface area contributed by atoms with Crippen LogP contribution >= 0.6 is 46.4 Å². The second-order valence-electron chi connectivity index (χ2n) is 9.05. The third kappa shape index (κ3) is 6.85. The monoisotopic (exact) mass is 626 g/mol. The molecule has 0 saturated carbocycles. The minimum atomic E-state index is -1.24. The molecule has 41 heavy (non-hydrogen) atoms. The van der Waals surface area contributed by atoms with Gasteiger partial charge in [0.05, 0.1) is 21.3 Å². The van der Waals surface area contributed by atoms with E-state index in [-0.39, 0.29) is 46.8 Å². The number of rotatable bonds is 8. The van der Waals surface area contributed by atoms with Crippen LogP contribution in [0.25, 0.3) is 0 Å². The van der Waals surface area contributed by atoms with Crippen LogP contribution in [0.1, 0.15) is 27.0 Å². The fraction of sp³-hybridized carbons (Fsp3) is 0.129. The number of fused-ring (bicyclic) bond motifs is 1. The lowest BCUT2D eigenvalue weighted by atomic mass is 9.96. The average molecular weight is 628 g/mol. The summed E-state index contributed by atoms with van der Waals surface area (Å²) in [6, 6.07) is 24.4. The Morgan fingerprint density at radius 3 is 2.27 bits per heavy atom. The summed E-state index contributed by atoms with van der Waals surface area (Å²) in [4.78, 5) is 31.6. The molecule has 1 unspecified atom stereocenters. The lowest BCUT2D eigenvalue weighted by molar-refractivity contribution is -0.120. The van der Waals surface area contributed by atoms with Crippen LogP contribution in [0.5, 0.6) is 11.5 Å². The number of hydrogen-bond acceptors (Lipinski definition) is 5. The number of halogens is 4. The van der Waals surface area contributed by atoms with Crippen molar-refractivity contribution in [3.8, 4) is 11.5 Å². The Kier molecular flexibility index (Phi) is 9.15. The van der Waals surface area contributed by atoms with E-state index in [2.05, 4.69) is 10.3 Å². The first kappa shape index (κ1) is 29.0. The van der Waals surface area contributed by atoms with Gasteiger partial charge < -0.3 is 14.8 Å². The van der Waals surface area contributed by atoms with Crippen molar-refractivity contribution >= 4 is 63.8 Å². The highest BCUT2D eigenvalue weighted by Crippen LogP contribution is 2.33. The molecule has 1 aliphatic heterocycles. The highest BCUT2D eigenvalue weighted by Gasteiger charge is 2.30. The Balaban J connectivity index is 1.42. The van der Waals surface area contributed by atoms with Crippen molar-refractivity contribution in [3.05, 3.63) is 127 Å². The van der Waals surface area contributed by atoms with Gasteiger partial charge in [-0.3, -0.25) is 14.6 Å². The van der Waals surface area contributed by atoms with Gasteiger partial charge in [-0.2, -0.15) is 0 Å². The van der Waals surface area contributed by atoms with Gasteiger partial charge in [0.1, 0.15) is 24.7 Å². The standard InChI is InChI=1S/C31H22Cl4N2O4/c32-19-10-11-27(41-13-12-40-21-7-2-1-3-8-21)23(15-19)31(39)37-30-26(38)14-18-6-4-5-9-22(18)29(36-30)28-24(34)16-20(33)17-25(28)35/h1-11,15-17,30H,12-14H2,(H,37,39). The topological polar surface area (TPSA) is 77.0 Å². The minimum Gasteiger partial charge on any atom is -0.490 e. The number of carbonyl (C=O) groups is 2. The quantitative estimate of drug-likeness (QED) is 0.206. The van der Waals surface area contributed by atoms with E-state index < -0.39 is 12.1 Å². The zero-order chi connectivity index (χ0) is 28.9. The largest absolute Gasteiger partial charge is 0.490 e. The van der Waals surface area contributed by atoms with E-state index in [9.17, 15) is 9.59 Å². The minimum absolute atomic E-state index is 0.0344. The number of amides is 1. The molecule has 0 bridgehead atoms. The molecular formula is C31H22Cl4N2O4. The van der Waals surface area contributed by atoms with Gasteiger partial charge in [0, 0.05) is 27.6 Å². The number of aliphatic imine (C=N–C) groups is 1. The third-order valence-corrected chi connectivity index (χ3v) is 7.30. The first-order valence-electron chi connectivity index (χ1n) is 12.5. The molecular weight excluding hydrogens is 606 g/mol. The van der Waals surface area contributed by atoms with Crippen molar-refractivity contribution in [2.24, 2.45) is 4.99 Å². The Morgan fingerprint density at radius 2 is 1.51 bits per heavy atom. The van der Waals surface area contributed by atoms with Crippen LogP contribution in [0.15, 0.2) is 89.9 Å². The Hall–Kier alpha value is -3.55. The molecule has 1 heterocycles. The van der Waals surface area contributed by atoms with Crippen LogP contribution < -0.4 is 14.8 Å². The molecule has 0 aliphatic carbocycles. The molecule has 0 spiro atoms. The molecule has 0 saturated heterocycles. The number of benzene rings is 4. The summed E-state index contributed by atoms with van der Waals surface area (Å²) in [6.45, 7) is 0.424. The number of nitrogens with zero attached hydrogens (tertiary/aromatic N) is 1. The summed E-state index contributed by atoms with van der Waals surface area (Å²) in [5, 5.41) is 3.94. The van der Waals surface area contributed by atoms with Crippen LogP contribution in [0.4, 0.5) is 0 Å². The number of ketones is 1. The average Bonchev–Trinajstić information content (AvgIpc) is 3.08. The second kappa shape index (κ2) is 13.0. The van der Waals surface area contributed by atoms with Gasteiger partial charge in [-0.15, -0.1) is 0 Å². The van der Waals surface area contributed by atoms with E-state index in [1.54, 1.807) is 24.3 Å². The Bertz CT molecular complexity index is 1620. The fourth-order valence-electron chi connectivity index (χ4n) is 4.38. The van der Waals surface area contributed by atoms with Crippen molar-refractivity contribution < 1.29 is 19.1 Å². The maximum atomic E-state index is 13.5. The van der Waals surface area contributed by atoms with E-state index >= 15 is 0 Å². The molecule has 5 rings (SSSR count). The number of hydrogen-bond donors (Lipinski definition) is 1. The van der Waals surface area contributed by atoms with Crippen LogP contribution in [0.2, 0.25) is 20.1 Å². The summed E-state index contributed by atoms with van der Waals surface area (Å²) in [6.07, 6.45) is -1.20. The molecule has 4 aromatic carbocycles. The molecule has 0 aromatic heterocycles. The maximum Gasteiger partial charge on any atom is 0.257 e. The highest BCUT2D eigenvalue weighted by atomic mass is 35.5. The van der Waals surface area contributed by atoms with Gasteiger partial charge >= 0.3 is 0 Å². The van der Waals surface area contributed by atoms with Crippen LogP contribution in [0.3, 0.4) is 0 Å². The zero-order valence-corrected chi connectivity index (χ0v) is 24.4. The van der Waals surface area contributed by atoms with Crippen LogP contribution in [0, 0.1) is 0 Å². The van der Waals surface area contributed by atoms with Crippen LogP contribution in [-0.4, -0.2) is 36.8 Å². The third-order valence-electron chi connectivity index (χ3n) is 6.25. The highest BCUT2D eigenvalue weighted by molar-refractivity contribution is 6.43. The van der Waals surface area contributed by atoms with Gasteiger partial charge in [-0.1, -0.05) is 88.9 Å². The first-order valence-corrected chi connectivity index (χ1v) is 14.1. The van der Waals surface area contributed by atoms with Crippen molar-refractivity contribution in [2.45, 2.75) is 12.6 Å². The summed E-state index contributed by atoms with van der Waals surface area (Å²) in [5.41, 5.74) is 2.31. The molecule has 6 nitrogen and oxygen atoms in total. The normalized spacial score (nSPS) is 14.5. The Morgan fingerprint density at radius 1 is 0.829 bits per heavy atom. The lowest BCUT2D eigenvalue weighted by Gasteiger charge is -2.17. The summed E-state index contributed by atoms with van der Waals surface area (Å²) >= 11 is 25.4. The van der Waals surface area contributed by atoms with E-state index in [1.807, 2.05) is 54.6 Å². The zero-order valence-electron chi connectivity index (χ0n) is 21.4. The molecule has 1 N–H and O–H groups in total. The van der Waals surface area contributed by atoms with Gasteiger partial charge in [0.25, 0.3) is 5.91 Å². The van der Waals surface area contributed by atoms with Gasteiger partial charge in [-0.05, 0) is 48.0 Å². The Labute approximate surface area is 256 Å². The lowest BCUT2D eigenvalue weighted by Crippen LogP contribution is -2.40. The summed E-state index contributed by atoms with van der Waals surface area (Å²) in [7, 11) is 0. The van der Waals surface area contributed by atoms with E-state index in [0.29, 0.717) is 32.6 Å². The molecule has 208 valence electrons. The molecule has 0 radical (unpaired) electrons. The predicted octanol–water partition coefficient (Wildman–Crippen LogP) is 7.48. The fourth-order valence-corrected chi connectivity index (χ4v) is 5.54. The number of Topliss-reactive ketones (excluding diaryl/α,β-unsaturated/α-hetero) is 1. The number of ether oxygens (including phenoxy) is 2. The molecule has 1 atom stereocenters. The SMILES string of the molecule is O=C(NC1N=C(c2c(Cl)cc(Cl)cc2Cl)c2ccccc2CC1=O)c1cc(Cl)ccc1OCCOc1ccccc1. The predicted molar refractivity (Wildman–Crippen MR) is 162 cm³/mol. The van der Waals surface area contributed by atoms with Crippen molar-refractivity contribution in [1.29, 1.82) is 0 Å². The summed E-state index contributed by atoms with van der Waals surface area (Å²) < 4.78 is 11.5. The molecule has 1 aliphatic rings. The van der Waals surface area contributed by atoms with Gasteiger partial charge in [-0.25, -0.2) is 0 Å². The summed E-state index contributed by atoms with van der Waals surface area (Å²) in [5.74, 6) is 0.0727. The smallest absolute Gasteiger partial charge is 0.257 e. The molecule has 1 amide bonds. The maximum absolute atomic E-state index is 13.5. The second-order valence-corrected chi connectivity index (χ2v) is 10.7. The van der Waals surface area contributed by atoms with E-state index in [4.69, 9.17) is 55.9 Å².